The predicted octanol–water partition coefficient (Wildman–Crippen LogP) is 12.2. The predicted molar refractivity (Wildman–Crippen MR) is 208 cm³/mol. The Balaban J connectivity index is 1.25. The first-order valence-electron chi connectivity index (χ1n) is 17.1. The minimum Gasteiger partial charge on any atom is -0.264 e. The van der Waals surface area contributed by atoms with E-state index in [-0.39, 0.29) is 5.41 Å². The van der Waals surface area contributed by atoms with E-state index >= 15 is 0 Å². The van der Waals surface area contributed by atoms with E-state index in [0.29, 0.717) is 11.5 Å². The third-order valence-electron chi connectivity index (χ3n) is 10.2. The third kappa shape index (κ3) is 5.19. The van der Waals surface area contributed by atoms with E-state index in [1.165, 1.54) is 22.3 Å². The highest BCUT2D eigenvalue weighted by Gasteiger charge is 2.37. The van der Waals surface area contributed by atoms with Gasteiger partial charge in [0.15, 0.2) is 11.5 Å². The molecule has 0 aliphatic heterocycles. The van der Waals surface area contributed by atoms with Gasteiger partial charge in [0.05, 0.1) is 18.0 Å². The zero-order valence-corrected chi connectivity index (χ0v) is 28.3. The quantitative estimate of drug-likeness (QED) is 0.174. The fraction of sp³-hybridized carbons (Fsp3) is 0.0638. The number of aromatic nitrogens is 3. The molecule has 0 bridgehead atoms. The molecule has 0 amide bonds. The summed E-state index contributed by atoms with van der Waals surface area (Å²) in [5, 5.41) is 2.14. The Labute approximate surface area is 297 Å². The molecule has 2 aromatic heterocycles. The van der Waals surface area contributed by atoms with Gasteiger partial charge in [-0.3, -0.25) is 4.98 Å². The fourth-order valence-corrected chi connectivity index (χ4v) is 7.57. The van der Waals surface area contributed by atoms with Gasteiger partial charge >= 0.3 is 0 Å². The topological polar surface area (TPSA) is 43.0 Å². The molecule has 0 saturated carbocycles. The zero-order valence-electron chi connectivity index (χ0n) is 28.3. The van der Waals surface area contributed by atoms with Crippen LogP contribution in [0.1, 0.15) is 25.0 Å². The summed E-state index contributed by atoms with van der Waals surface area (Å²) in [6.45, 7) is 12.5. The molecule has 0 radical (unpaired) electrons. The molecule has 0 unspecified atom stereocenters. The van der Waals surface area contributed by atoms with Crippen LogP contribution < -0.4 is 0 Å². The van der Waals surface area contributed by atoms with Crippen LogP contribution in [0, 0.1) is 6.57 Å². The third-order valence-corrected chi connectivity index (χ3v) is 10.2. The van der Waals surface area contributed by atoms with E-state index in [1.807, 2.05) is 60.8 Å². The second-order valence-electron chi connectivity index (χ2n) is 13.6. The first-order valence-corrected chi connectivity index (χ1v) is 17.1. The molecule has 0 N–H and O–H groups in total. The van der Waals surface area contributed by atoms with Gasteiger partial charge in [-0.2, -0.15) is 0 Å². The van der Waals surface area contributed by atoms with Crippen LogP contribution in [0.2, 0.25) is 0 Å². The lowest BCUT2D eigenvalue weighted by atomic mass is 9.81. The number of pyridine rings is 1. The summed E-state index contributed by atoms with van der Waals surface area (Å²) in [4.78, 5) is 18.6. The SMILES string of the molecule is [C-]#[N+]c1cccc2ccc3c(c12)-c1ccc(-c2cc(-c4cccnc4)cc(-c4cc(-c5ccccc5)nc(-c5ccccc5)n4)c2)cc1C3(C)C. The molecule has 240 valence electrons. The Hall–Kier alpha value is -6.70. The Morgan fingerprint density at radius 1 is 0.529 bits per heavy atom. The molecule has 51 heavy (non-hydrogen) atoms. The van der Waals surface area contributed by atoms with Crippen LogP contribution in [0.4, 0.5) is 5.69 Å². The first-order chi connectivity index (χ1) is 25.0. The molecule has 0 spiro atoms. The second kappa shape index (κ2) is 12.0. The molecule has 0 fully saturated rings. The molecule has 0 atom stereocenters. The molecule has 4 nitrogen and oxygen atoms in total. The Kier molecular flexibility index (Phi) is 7.15. The highest BCUT2D eigenvalue weighted by Crippen LogP contribution is 2.53. The van der Waals surface area contributed by atoms with Crippen molar-refractivity contribution >= 4 is 16.5 Å². The maximum atomic E-state index is 7.94. The summed E-state index contributed by atoms with van der Waals surface area (Å²) in [5.74, 6) is 0.684. The van der Waals surface area contributed by atoms with Crippen LogP contribution in [-0.4, -0.2) is 15.0 Å². The molecule has 1 aliphatic carbocycles. The van der Waals surface area contributed by atoms with E-state index in [2.05, 4.69) is 115 Å². The second-order valence-corrected chi connectivity index (χ2v) is 13.6. The molecule has 4 heteroatoms. The fourth-order valence-electron chi connectivity index (χ4n) is 7.57. The standard InChI is InChI=1S/C47H32N4/c1-47(2)39-22-20-31-16-10-18-41(48-3)44(31)45(39)38-21-19-33(27-40(38)47)35-24-36(34-17-11-23-49-29-34)26-37(25-35)43-28-42(30-12-6-4-7-13-30)50-46(51-43)32-14-8-5-9-15-32/h4-29H,1-2H3. The van der Waals surface area contributed by atoms with Crippen LogP contribution in [0.5, 0.6) is 0 Å². The van der Waals surface area contributed by atoms with Crippen LogP contribution >= 0.6 is 0 Å². The van der Waals surface area contributed by atoms with Crippen LogP contribution in [0.25, 0.3) is 82.9 Å². The van der Waals surface area contributed by atoms with Crippen molar-refractivity contribution in [1.29, 1.82) is 0 Å². The summed E-state index contributed by atoms with van der Waals surface area (Å²) in [7, 11) is 0. The number of rotatable bonds is 5. The lowest BCUT2D eigenvalue weighted by molar-refractivity contribution is 0.661. The number of hydrogen-bond acceptors (Lipinski definition) is 3. The summed E-state index contributed by atoms with van der Waals surface area (Å²) >= 11 is 0. The molecule has 6 aromatic carbocycles. The van der Waals surface area contributed by atoms with Crippen molar-refractivity contribution in [2.75, 3.05) is 0 Å². The normalized spacial score (nSPS) is 12.6. The highest BCUT2D eigenvalue weighted by atomic mass is 14.9. The van der Waals surface area contributed by atoms with Gasteiger partial charge in [-0.05, 0) is 86.1 Å². The maximum absolute atomic E-state index is 7.94. The largest absolute Gasteiger partial charge is 0.264 e. The number of hydrogen-bond donors (Lipinski definition) is 0. The van der Waals surface area contributed by atoms with Crippen molar-refractivity contribution in [3.8, 4) is 67.3 Å². The minimum atomic E-state index is -0.240. The Bertz CT molecular complexity index is 2600. The van der Waals surface area contributed by atoms with Gasteiger partial charge in [0.1, 0.15) is 0 Å². The first kappa shape index (κ1) is 30.4. The summed E-state index contributed by atoms with van der Waals surface area (Å²) < 4.78 is 0. The van der Waals surface area contributed by atoms with Crippen molar-refractivity contribution in [3.63, 3.8) is 0 Å². The van der Waals surface area contributed by atoms with Gasteiger partial charge < -0.3 is 0 Å². The molecule has 2 heterocycles. The van der Waals surface area contributed by atoms with E-state index in [9.17, 15) is 0 Å². The minimum absolute atomic E-state index is 0.240. The highest BCUT2D eigenvalue weighted by molar-refractivity contribution is 6.09. The average molecular weight is 653 g/mol. The van der Waals surface area contributed by atoms with E-state index in [1.54, 1.807) is 6.20 Å². The smallest absolute Gasteiger partial charge is 0.195 e. The number of fused-ring (bicyclic) bond motifs is 5. The van der Waals surface area contributed by atoms with Gasteiger partial charge in [0.25, 0.3) is 0 Å². The van der Waals surface area contributed by atoms with Crippen molar-refractivity contribution in [2.24, 2.45) is 0 Å². The van der Waals surface area contributed by atoms with Crippen molar-refractivity contribution in [2.45, 2.75) is 19.3 Å². The molecular formula is C47H32N4. The monoisotopic (exact) mass is 652 g/mol. The number of benzene rings is 6. The van der Waals surface area contributed by atoms with Crippen molar-refractivity contribution in [1.82, 2.24) is 15.0 Å². The van der Waals surface area contributed by atoms with Crippen LogP contribution in [0.15, 0.2) is 158 Å². The molecule has 0 saturated heterocycles. The van der Waals surface area contributed by atoms with E-state index < -0.39 is 0 Å². The summed E-state index contributed by atoms with van der Waals surface area (Å²) in [6.07, 6.45) is 3.72. The van der Waals surface area contributed by atoms with Gasteiger partial charge in [-0.1, -0.05) is 123 Å². The van der Waals surface area contributed by atoms with Gasteiger partial charge in [-0.15, -0.1) is 0 Å². The van der Waals surface area contributed by atoms with Crippen LogP contribution in [0.3, 0.4) is 0 Å². The molecule has 8 aromatic rings. The van der Waals surface area contributed by atoms with E-state index in [4.69, 9.17) is 16.5 Å². The van der Waals surface area contributed by atoms with Crippen molar-refractivity contribution < 1.29 is 0 Å². The Morgan fingerprint density at radius 2 is 1.22 bits per heavy atom. The maximum Gasteiger partial charge on any atom is 0.195 e. The van der Waals surface area contributed by atoms with Crippen molar-refractivity contribution in [3.05, 3.63) is 181 Å². The average Bonchev–Trinajstić information content (AvgIpc) is 3.43. The molecular weight excluding hydrogens is 621 g/mol. The summed E-state index contributed by atoms with van der Waals surface area (Å²) in [5.41, 5.74) is 14.4. The van der Waals surface area contributed by atoms with Gasteiger partial charge in [-0.25, -0.2) is 14.8 Å². The zero-order chi connectivity index (χ0) is 34.5. The molecule has 9 rings (SSSR count). The Morgan fingerprint density at radius 3 is 1.94 bits per heavy atom. The van der Waals surface area contributed by atoms with Crippen LogP contribution in [-0.2, 0) is 5.41 Å². The number of nitrogens with zero attached hydrogens (tertiary/aromatic N) is 4. The van der Waals surface area contributed by atoms with E-state index in [0.717, 1.165) is 61.1 Å². The lowest BCUT2D eigenvalue weighted by Crippen LogP contribution is -2.15. The lowest BCUT2D eigenvalue weighted by Gasteiger charge is -2.22. The van der Waals surface area contributed by atoms with Gasteiger partial charge in [0, 0.05) is 40.1 Å². The van der Waals surface area contributed by atoms with Gasteiger partial charge in [0.2, 0.25) is 0 Å². The summed E-state index contributed by atoms with van der Waals surface area (Å²) in [6, 6.07) is 50.6. The molecule has 1 aliphatic rings.